The number of hydrogen-bond acceptors (Lipinski definition) is 2. The SMILES string of the molecule is Cc1cccc(OCCC(=O)N(CCCCl)C2CCC2)c1. The molecule has 0 heterocycles. The molecule has 1 saturated carbocycles. The molecule has 1 aliphatic carbocycles. The molecule has 0 N–H and O–H groups in total. The second kappa shape index (κ2) is 8.28. The number of amides is 1. The molecule has 0 unspecified atom stereocenters. The van der Waals surface area contributed by atoms with Crippen LogP contribution in [0.15, 0.2) is 24.3 Å². The van der Waals surface area contributed by atoms with Crippen molar-refractivity contribution in [2.45, 2.75) is 45.1 Å². The maximum absolute atomic E-state index is 12.3. The lowest BCUT2D eigenvalue weighted by Gasteiger charge is -2.37. The number of benzene rings is 1. The van der Waals surface area contributed by atoms with Gasteiger partial charge < -0.3 is 9.64 Å². The molecule has 1 aromatic rings. The molecular formula is C17H24ClNO2. The number of halogens is 1. The van der Waals surface area contributed by atoms with Crippen molar-refractivity contribution in [3.05, 3.63) is 29.8 Å². The lowest BCUT2D eigenvalue weighted by Crippen LogP contribution is -2.45. The molecule has 116 valence electrons. The summed E-state index contributed by atoms with van der Waals surface area (Å²) >= 11 is 5.75. The third-order valence-electron chi connectivity index (χ3n) is 3.94. The Labute approximate surface area is 132 Å². The van der Waals surface area contributed by atoms with Gasteiger partial charge in [-0.3, -0.25) is 4.79 Å². The summed E-state index contributed by atoms with van der Waals surface area (Å²) in [6, 6.07) is 8.34. The highest BCUT2D eigenvalue weighted by molar-refractivity contribution is 6.17. The Morgan fingerprint density at radius 2 is 2.24 bits per heavy atom. The first kappa shape index (κ1) is 16.2. The average Bonchev–Trinajstić information content (AvgIpc) is 2.41. The topological polar surface area (TPSA) is 29.5 Å². The first-order valence-corrected chi connectivity index (χ1v) is 8.29. The highest BCUT2D eigenvalue weighted by Crippen LogP contribution is 2.25. The number of alkyl halides is 1. The van der Waals surface area contributed by atoms with Crippen LogP contribution in [0.2, 0.25) is 0 Å². The summed E-state index contributed by atoms with van der Waals surface area (Å²) < 4.78 is 5.67. The van der Waals surface area contributed by atoms with Gasteiger partial charge in [-0.2, -0.15) is 0 Å². The van der Waals surface area contributed by atoms with Crippen molar-refractivity contribution in [3.63, 3.8) is 0 Å². The molecule has 4 heteroatoms. The van der Waals surface area contributed by atoms with Crippen molar-refractivity contribution in [1.82, 2.24) is 4.90 Å². The summed E-state index contributed by atoms with van der Waals surface area (Å²) in [5.41, 5.74) is 1.16. The molecule has 0 saturated heterocycles. The second-order valence-corrected chi connectivity index (χ2v) is 6.01. The Bertz CT molecular complexity index is 460. The maximum atomic E-state index is 12.3. The zero-order valence-corrected chi connectivity index (χ0v) is 13.4. The van der Waals surface area contributed by atoms with Crippen molar-refractivity contribution in [1.29, 1.82) is 0 Å². The summed E-state index contributed by atoms with van der Waals surface area (Å²) in [4.78, 5) is 14.3. The van der Waals surface area contributed by atoms with Crippen molar-refractivity contribution in [3.8, 4) is 5.75 Å². The Hall–Kier alpha value is -1.22. The van der Waals surface area contributed by atoms with Crippen LogP contribution in [0, 0.1) is 6.92 Å². The van der Waals surface area contributed by atoms with E-state index >= 15 is 0 Å². The van der Waals surface area contributed by atoms with E-state index in [0.717, 1.165) is 37.1 Å². The van der Waals surface area contributed by atoms with E-state index in [1.807, 2.05) is 36.1 Å². The normalized spacial score (nSPS) is 14.6. The number of aryl methyl sites for hydroxylation is 1. The molecule has 3 nitrogen and oxygen atoms in total. The van der Waals surface area contributed by atoms with E-state index in [4.69, 9.17) is 16.3 Å². The van der Waals surface area contributed by atoms with E-state index in [9.17, 15) is 4.79 Å². The molecule has 1 aromatic carbocycles. The quantitative estimate of drug-likeness (QED) is 0.684. The van der Waals surface area contributed by atoms with E-state index in [2.05, 4.69) is 0 Å². The Morgan fingerprint density at radius 3 is 2.86 bits per heavy atom. The fourth-order valence-corrected chi connectivity index (χ4v) is 2.66. The first-order valence-electron chi connectivity index (χ1n) is 7.75. The van der Waals surface area contributed by atoms with Gasteiger partial charge in [-0.1, -0.05) is 12.1 Å². The average molecular weight is 310 g/mol. The fraction of sp³-hybridized carbons (Fsp3) is 0.588. The van der Waals surface area contributed by atoms with Crippen LogP contribution in [-0.2, 0) is 4.79 Å². The lowest BCUT2D eigenvalue weighted by atomic mass is 9.91. The molecule has 0 aliphatic heterocycles. The monoisotopic (exact) mass is 309 g/mol. The molecule has 1 amide bonds. The maximum Gasteiger partial charge on any atom is 0.226 e. The number of ether oxygens (including phenoxy) is 1. The lowest BCUT2D eigenvalue weighted by molar-refractivity contribution is -0.135. The molecule has 2 rings (SSSR count). The molecule has 0 aromatic heterocycles. The van der Waals surface area contributed by atoms with Gasteiger partial charge >= 0.3 is 0 Å². The van der Waals surface area contributed by atoms with Crippen LogP contribution in [0.1, 0.15) is 37.7 Å². The van der Waals surface area contributed by atoms with Crippen LogP contribution in [0.4, 0.5) is 0 Å². The third-order valence-corrected chi connectivity index (χ3v) is 4.21. The number of carbonyl (C=O) groups is 1. The van der Waals surface area contributed by atoms with Crippen molar-refractivity contribution in [2.24, 2.45) is 0 Å². The van der Waals surface area contributed by atoms with Crippen LogP contribution in [-0.4, -0.2) is 35.9 Å². The van der Waals surface area contributed by atoms with Gasteiger partial charge in [-0.05, 0) is 50.3 Å². The molecule has 0 radical (unpaired) electrons. The summed E-state index contributed by atoms with van der Waals surface area (Å²) in [5, 5.41) is 0. The van der Waals surface area contributed by atoms with Gasteiger partial charge in [0.25, 0.3) is 0 Å². The minimum absolute atomic E-state index is 0.192. The largest absolute Gasteiger partial charge is 0.493 e. The fourth-order valence-electron chi connectivity index (χ4n) is 2.54. The Morgan fingerprint density at radius 1 is 1.43 bits per heavy atom. The molecule has 21 heavy (non-hydrogen) atoms. The van der Waals surface area contributed by atoms with Crippen molar-refractivity contribution < 1.29 is 9.53 Å². The molecule has 0 bridgehead atoms. The summed E-state index contributed by atoms with van der Waals surface area (Å²) in [5.74, 6) is 1.63. The smallest absolute Gasteiger partial charge is 0.226 e. The molecule has 1 fully saturated rings. The minimum atomic E-state index is 0.192. The van der Waals surface area contributed by atoms with E-state index in [0.29, 0.717) is 24.9 Å². The highest BCUT2D eigenvalue weighted by atomic mass is 35.5. The van der Waals surface area contributed by atoms with Crippen molar-refractivity contribution >= 4 is 17.5 Å². The highest BCUT2D eigenvalue weighted by Gasteiger charge is 2.27. The van der Waals surface area contributed by atoms with Crippen LogP contribution in [0.5, 0.6) is 5.75 Å². The van der Waals surface area contributed by atoms with Crippen molar-refractivity contribution in [2.75, 3.05) is 19.0 Å². The molecule has 0 spiro atoms. The standard InChI is InChI=1S/C17H24ClNO2/c1-14-5-2-8-16(13-14)21-12-9-17(20)19(11-4-10-18)15-6-3-7-15/h2,5,8,13,15H,3-4,6-7,9-12H2,1H3. The van der Waals surface area contributed by atoms with Crippen LogP contribution >= 0.6 is 11.6 Å². The summed E-state index contributed by atoms with van der Waals surface area (Å²) in [7, 11) is 0. The number of hydrogen-bond donors (Lipinski definition) is 0. The molecule has 0 atom stereocenters. The van der Waals surface area contributed by atoms with Gasteiger partial charge in [-0.15, -0.1) is 11.6 Å². The van der Waals surface area contributed by atoms with Gasteiger partial charge in [-0.25, -0.2) is 0 Å². The zero-order chi connectivity index (χ0) is 15.1. The first-order chi connectivity index (χ1) is 10.2. The van der Waals surface area contributed by atoms with Gasteiger partial charge in [0.05, 0.1) is 13.0 Å². The predicted octanol–water partition coefficient (Wildman–Crippen LogP) is 3.77. The third kappa shape index (κ3) is 4.92. The zero-order valence-electron chi connectivity index (χ0n) is 12.7. The van der Waals surface area contributed by atoms with E-state index < -0.39 is 0 Å². The van der Waals surface area contributed by atoms with E-state index in [1.54, 1.807) is 0 Å². The van der Waals surface area contributed by atoms with Gasteiger partial charge in [0.2, 0.25) is 5.91 Å². The predicted molar refractivity (Wildman–Crippen MR) is 86.0 cm³/mol. The molecular weight excluding hydrogens is 286 g/mol. The van der Waals surface area contributed by atoms with E-state index in [1.165, 1.54) is 6.42 Å². The van der Waals surface area contributed by atoms with Crippen LogP contribution in [0.3, 0.4) is 0 Å². The number of rotatable bonds is 8. The number of carbonyl (C=O) groups excluding carboxylic acids is 1. The molecule has 1 aliphatic rings. The van der Waals surface area contributed by atoms with Gasteiger partial charge in [0.15, 0.2) is 0 Å². The minimum Gasteiger partial charge on any atom is -0.493 e. The van der Waals surface area contributed by atoms with Crippen LogP contribution < -0.4 is 4.74 Å². The van der Waals surface area contributed by atoms with Crippen LogP contribution in [0.25, 0.3) is 0 Å². The number of nitrogens with zero attached hydrogens (tertiary/aromatic N) is 1. The summed E-state index contributed by atoms with van der Waals surface area (Å²) in [6.07, 6.45) is 4.80. The van der Waals surface area contributed by atoms with Gasteiger partial charge in [0.1, 0.15) is 5.75 Å². The Kier molecular flexibility index (Phi) is 6.37. The second-order valence-electron chi connectivity index (χ2n) is 5.63. The van der Waals surface area contributed by atoms with Gasteiger partial charge in [0, 0.05) is 18.5 Å². The Balaban J connectivity index is 1.78. The summed E-state index contributed by atoms with van der Waals surface area (Å²) in [6.45, 7) is 3.24. The van der Waals surface area contributed by atoms with E-state index in [-0.39, 0.29) is 5.91 Å².